The third-order valence-electron chi connectivity index (χ3n) is 3.85. The molecule has 4 heteroatoms. The maximum Gasteiger partial charge on any atom is 0.124 e. The number of nitrogens with zero attached hydrogens (tertiary/aromatic N) is 3. The Morgan fingerprint density at radius 1 is 1.25 bits per heavy atom. The van der Waals surface area contributed by atoms with Crippen molar-refractivity contribution in [2.75, 3.05) is 19.6 Å². The summed E-state index contributed by atoms with van der Waals surface area (Å²) in [6.45, 7) is 10.9. The highest BCUT2D eigenvalue weighted by Gasteiger charge is 2.10. The number of aromatic nitrogens is 2. The minimum atomic E-state index is 0.471. The molecule has 0 saturated heterocycles. The fraction of sp³-hybridized carbons (Fsp3) is 0.562. The molecule has 0 saturated carbocycles. The van der Waals surface area contributed by atoms with Crippen molar-refractivity contribution in [3.05, 3.63) is 29.6 Å². The molecule has 0 unspecified atom stereocenters. The van der Waals surface area contributed by atoms with E-state index in [1.54, 1.807) is 0 Å². The van der Waals surface area contributed by atoms with Crippen molar-refractivity contribution < 1.29 is 0 Å². The van der Waals surface area contributed by atoms with Crippen molar-refractivity contribution in [1.82, 2.24) is 14.5 Å². The molecule has 0 fully saturated rings. The zero-order chi connectivity index (χ0) is 14.5. The van der Waals surface area contributed by atoms with Crippen molar-refractivity contribution in [2.45, 2.75) is 39.6 Å². The van der Waals surface area contributed by atoms with Crippen LogP contribution in [0.25, 0.3) is 11.0 Å². The molecular weight excluding hydrogens is 270 g/mol. The van der Waals surface area contributed by atoms with E-state index in [1.165, 1.54) is 11.1 Å². The van der Waals surface area contributed by atoms with Crippen LogP contribution in [0.15, 0.2) is 18.2 Å². The lowest BCUT2D eigenvalue weighted by atomic mass is 10.2. The maximum absolute atomic E-state index is 6.05. The summed E-state index contributed by atoms with van der Waals surface area (Å²) in [5.41, 5.74) is 3.53. The van der Waals surface area contributed by atoms with Crippen LogP contribution in [0.3, 0.4) is 0 Å². The van der Waals surface area contributed by atoms with Gasteiger partial charge in [-0.05, 0) is 50.7 Å². The van der Waals surface area contributed by atoms with Gasteiger partial charge in [-0.2, -0.15) is 0 Å². The van der Waals surface area contributed by atoms with Crippen LogP contribution >= 0.6 is 11.6 Å². The summed E-state index contributed by atoms with van der Waals surface area (Å²) < 4.78 is 2.28. The molecule has 2 aromatic rings. The maximum atomic E-state index is 6.05. The molecule has 0 radical (unpaired) electrons. The second-order valence-corrected chi connectivity index (χ2v) is 5.45. The zero-order valence-corrected chi connectivity index (χ0v) is 13.5. The summed E-state index contributed by atoms with van der Waals surface area (Å²) in [5, 5.41) is 0. The molecule has 0 aliphatic heterocycles. The second kappa shape index (κ2) is 7.09. The van der Waals surface area contributed by atoms with Gasteiger partial charge in [-0.3, -0.25) is 0 Å². The SMILES string of the molecule is CCN(CC)CCCn1c(CCl)nc2ccc(C)cc21. The molecule has 0 N–H and O–H groups in total. The van der Waals surface area contributed by atoms with E-state index in [2.05, 4.69) is 53.4 Å². The van der Waals surface area contributed by atoms with Crippen LogP contribution in [-0.2, 0) is 12.4 Å². The first-order valence-electron chi connectivity index (χ1n) is 7.43. The van der Waals surface area contributed by atoms with E-state index in [0.717, 1.165) is 43.9 Å². The molecule has 2 rings (SSSR count). The summed E-state index contributed by atoms with van der Waals surface area (Å²) >= 11 is 6.05. The van der Waals surface area contributed by atoms with Gasteiger partial charge in [-0.25, -0.2) is 4.98 Å². The normalized spacial score (nSPS) is 11.7. The number of hydrogen-bond acceptors (Lipinski definition) is 2. The van der Waals surface area contributed by atoms with Crippen LogP contribution < -0.4 is 0 Å². The third kappa shape index (κ3) is 3.33. The number of alkyl halides is 1. The van der Waals surface area contributed by atoms with Gasteiger partial charge in [0.2, 0.25) is 0 Å². The standard InChI is InChI=1S/C16H24ClN3/c1-4-19(5-2)9-6-10-20-15-11-13(3)7-8-14(15)18-16(20)12-17/h7-8,11H,4-6,9-10,12H2,1-3H3. The molecular formula is C16H24ClN3. The van der Waals surface area contributed by atoms with E-state index < -0.39 is 0 Å². The number of fused-ring (bicyclic) bond motifs is 1. The number of aryl methyl sites for hydroxylation is 2. The van der Waals surface area contributed by atoms with Crippen molar-refractivity contribution in [3.63, 3.8) is 0 Å². The van der Waals surface area contributed by atoms with E-state index >= 15 is 0 Å². The van der Waals surface area contributed by atoms with Gasteiger partial charge in [-0.15, -0.1) is 11.6 Å². The number of benzene rings is 1. The highest BCUT2D eigenvalue weighted by atomic mass is 35.5. The average molecular weight is 294 g/mol. The lowest BCUT2D eigenvalue weighted by Gasteiger charge is -2.18. The Balaban J connectivity index is 2.17. The topological polar surface area (TPSA) is 21.1 Å². The van der Waals surface area contributed by atoms with Gasteiger partial charge >= 0.3 is 0 Å². The number of halogens is 1. The third-order valence-corrected chi connectivity index (χ3v) is 4.09. The summed E-state index contributed by atoms with van der Waals surface area (Å²) in [7, 11) is 0. The Morgan fingerprint density at radius 3 is 2.65 bits per heavy atom. The summed E-state index contributed by atoms with van der Waals surface area (Å²) in [5.74, 6) is 1.45. The van der Waals surface area contributed by atoms with Gasteiger partial charge < -0.3 is 9.47 Å². The van der Waals surface area contributed by atoms with Crippen LogP contribution in [0.4, 0.5) is 0 Å². The van der Waals surface area contributed by atoms with Crippen molar-refractivity contribution in [3.8, 4) is 0 Å². The molecule has 0 amide bonds. The average Bonchev–Trinajstić information content (AvgIpc) is 2.81. The van der Waals surface area contributed by atoms with Gasteiger partial charge in [0.1, 0.15) is 5.82 Å². The second-order valence-electron chi connectivity index (χ2n) is 5.19. The zero-order valence-electron chi connectivity index (χ0n) is 12.7. The van der Waals surface area contributed by atoms with E-state index in [0.29, 0.717) is 5.88 Å². The first-order valence-corrected chi connectivity index (χ1v) is 7.97. The Kier molecular flexibility index (Phi) is 5.44. The van der Waals surface area contributed by atoms with Gasteiger partial charge in [0.15, 0.2) is 0 Å². The highest BCUT2D eigenvalue weighted by molar-refractivity contribution is 6.16. The van der Waals surface area contributed by atoms with Crippen LogP contribution in [0.1, 0.15) is 31.7 Å². The number of imidazole rings is 1. The van der Waals surface area contributed by atoms with Crippen molar-refractivity contribution >= 4 is 22.6 Å². The Hall–Kier alpha value is -1.06. The first kappa shape index (κ1) is 15.3. The van der Waals surface area contributed by atoms with E-state index in [4.69, 9.17) is 11.6 Å². The number of rotatable bonds is 7. The largest absolute Gasteiger partial charge is 0.327 e. The lowest BCUT2D eigenvalue weighted by Crippen LogP contribution is -2.25. The molecule has 0 aliphatic carbocycles. The molecule has 1 heterocycles. The molecule has 3 nitrogen and oxygen atoms in total. The van der Waals surface area contributed by atoms with E-state index in [-0.39, 0.29) is 0 Å². The number of hydrogen-bond donors (Lipinski definition) is 0. The van der Waals surface area contributed by atoms with Gasteiger partial charge in [-0.1, -0.05) is 19.9 Å². The molecule has 1 aromatic carbocycles. The monoisotopic (exact) mass is 293 g/mol. The molecule has 0 atom stereocenters. The van der Waals surface area contributed by atoms with Crippen LogP contribution in [0.5, 0.6) is 0 Å². The lowest BCUT2D eigenvalue weighted by molar-refractivity contribution is 0.293. The highest BCUT2D eigenvalue weighted by Crippen LogP contribution is 2.19. The predicted octanol–water partition coefficient (Wildman–Crippen LogP) is 3.82. The van der Waals surface area contributed by atoms with Crippen molar-refractivity contribution in [2.24, 2.45) is 0 Å². The van der Waals surface area contributed by atoms with Crippen LogP contribution in [0, 0.1) is 6.92 Å². The van der Waals surface area contributed by atoms with Crippen LogP contribution in [0.2, 0.25) is 0 Å². The summed E-state index contributed by atoms with van der Waals surface area (Å²) in [4.78, 5) is 7.08. The van der Waals surface area contributed by atoms with Gasteiger partial charge in [0, 0.05) is 6.54 Å². The van der Waals surface area contributed by atoms with Crippen molar-refractivity contribution in [1.29, 1.82) is 0 Å². The molecule has 1 aromatic heterocycles. The van der Waals surface area contributed by atoms with Gasteiger partial charge in [0.05, 0.1) is 16.9 Å². The van der Waals surface area contributed by atoms with Gasteiger partial charge in [0.25, 0.3) is 0 Å². The van der Waals surface area contributed by atoms with Crippen LogP contribution in [-0.4, -0.2) is 34.1 Å². The minimum absolute atomic E-state index is 0.471. The Morgan fingerprint density at radius 2 is 2.00 bits per heavy atom. The smallest absolute Gasteiger partial charge is 0.124 e. The predicted molar refractivity (Wildman–Crippen MR) is 86.4 cm³/mol. The molecule has 0 spiro atoms. The summed E-state index contributed by atoms with van der Waals surface area (Å²) in [6.07, 6.45) is 1.13. The minimum Gasteiger partial charge on any atom is -0.327 e. The quantitative estimate of drug-likeness (QED) is 0.724. The molecule has 0 aliphatic rings. The Labute approximate surface area is 126 Å². The van der Waals surface area contributed by atoms with E-state index in [1.807, 2.05) is 0 Å². The Bertz CT molecular complexity index is 558. The summed E-state index contributed by atoms with van der Waals surface area (Å²) in [6, 6.07) is 6.39. The first-order chi connectivity index (χ1) is 9.69. The van der Waals surface area contributed by atoms with E-state index in [9.17, 15) is 0 Å². The molecule has 0 bridgehead atoms. The fourth-order valence-corrected chi connectivity index (χ4v) is 2.83. The molecule has 20 heavy (non-hydrogen) atoms. The fourth-order valence-electron chi connectivity index (χ4n) is 2.63. The molecule has 110 valence electrons.